The van der Waals surface area contributed by atoms with Gasteiger partial charge >= 0.3 is 0 Å². The Balaban J connectivity index is 2.38. The number of halogens is 2. The van der Waals surface area contributed by atoms with Gasteiger partial charge in [-0.25, -0.2) is 8.78 Å². The first-order chi connectivity index (χ1) is 8.49. The standard InChI is InChI=1S/C14H13F2NO/c1-9(2)14(18)17-6-5-10(8-17)12-4-3-11(15)7-13(12)16/h3-9H,1-2H3. The number of hydrogen-bond donors (Lipinski definition) is 0. The zero-order valence-electron chi connectivity index (χ0n) is 10.2. The van der Waals surface area contributed by atoms with Gasteiger partial charge < -0.3 is 0 Å². The van der Waals surface area contributed by atoms with Gasteiger partial charge in [-0.05, 0) is 18.2 Å². The third-order valence-electron chi connectivity index (χ3n) is 2.68. The molecule has 18 heavy (non-hydrogen) atoms. The maximum absolute atomic E-state index is 13.6. The molecular formula is C14H13F2NO. The molecule has 94 valence electrons. The molecule has 4 heteroatoms. The molecule has 0 unspecified atom stereocenters. The zero-order chi connectivity index (χ0) is 13.3. The second-order valence-corrected chi connectivity index (χ2v) is 4.42. The SMILES string of the molecule is CC(C)C(=O)n1ccc(-c2ccc(F)cc2F)c1. The molecule has 1 aromatic heterocycles. The predicted molar refractivity (Wildman–Crippen MR) is 65.2 cm³/mol. The Kier molecular flexibility index (Phi) is 3.28. The zero-order valence-corrected chi connectivity index (χ0v) is 10.2. The monoisotopic (exact) mass is 249 g/mol. The molecule has 0 aliphatic rings. The van der Waals surface area contributed by atoms with E-state index in [4.69, 9.17) is 0 Å². The lowest BCUT2D eigenvalue weighted by atomic mass is 10.1. The molecule has 1 heterocycles. The number of rotatable bonds is 2. The lowest BCUT2D eigenvalue weighted by Gasteiger charge is -2.04. The summed E-state index contributed by atoms with van der Waals surface area (Å²) in [5.41, 5.74) is 0.841. The van der Waals surface area contributed by atoms with Crippen molar-refractivity contribution in [2.75, 3.05) is 0 Å². The molecular weight excluding hydrogens is 236 g/mol. The van der Waals surface area contributed by atoms with Crippen LogP contribution in [-0.2, 0) is 0 Å². The quantitative estimate of drug-likeness (QED) is 0.794. The summed E-state index contributed by atoms with van der Waals surface area (Å²) in [7, 11) is 0. The molecule has 0 saturated carbocycles. The normalized spacial score (nSPS) is 10.9. The van der Waals surface area contributed by atoms with E-state index < -0.39 is 11.6 Å². The van der Waals surface area contributed by atoms with Crippen molar-refractivity contribution >= 4 is 5.91 Å². The lowest BCUT2D eigenvalue weighted by Crippen LogP contribution is -2.14. The van der Waals surface area contributed by atoms with Gasteiger partial charge in [-0.15, -0.1) is 0 Å². The maximum atomic E-state index is 13.6. The topological polar surface area (TPSA) is 22.0 Å². The fourth-order valence-electron chi connectivity index (χ4n) is 1.71. The minimum Gasteiger partial charge on any atom is -0.294 e. The van der Waals surface area contributed by atoms with Gasteiger partial charge in [0.05, 0.1) is 0 Å². The van der Waals surface area contributed by atoms with Gasteiger partial charge in [0.1, 0.15) is 11.6 Å². The minimum absolute atomic E-state index is 0.0660. The summed E-state index contributed by atoms with van der Waals surface area (Å²) in [4.78, 5) is 11.7. The van der Waals surface area contributed by atoms with Crippen LogP contribution >= 0.6 is 0 Å². The van der Waals surface area contributed by atoms with Crippen molar-refractivity contribution in [3.8, 4) is 11.1 Å². The lowest BCUT2D eigenvalue weighted by molar-refractivity contribution is 0.0855. The van der Waals surface area contributed by atoms with Gasteiger partial charge in [-0.3, -0.25) is 9.36 Å². The van der Waals surface area contributed by atoms with Crippen molar-refractivity contribution < 1.29 is 13.6 Å². The summed E-state index contributed by atoms with van der Waals surface area (Å²) in [5, 5.41) is 0. The third-order valence-corrected chi connectivity index (χ3v) is 2.68. The van der Waals surface area contributed by atoms with Crippen LogP contribution in [0.15, 0.2) is 36.7 Å². The molecule has 0 radical (unpaired) electrons. The molecule has 0 bridgehead atoms. The van der Waals surface area contributed by atoms with E-state index in [0.717, 1.165) is 6.07 Å². The van der Waals surface area contributed by atoms with Crippen LogP contribution in [0.1, 0.15) is 18.6 Å². The minimum atomic E-state index is -0.634. The van der Waals surface area contributed by atoms with Crippen molar-refractivity contribution in [3.05, 3.63) is 48.3 Å². The smallest absolute Gasteiger partial charge is 0.233 e. The highest BCUT2D eigenvalue weighted by Crippen LogP contribution is 2.24. The van der Waals surface area contributed by atoms with Crippen molar-refractivity contribution in [3.63, 3.8) is 0 Å². The van der Waals surface area contributed by atoms with Crippen LogP contribution in [0.3, 0.4) is 0 Å². The second kappa shape index (κ2) is 4.72. The summed E-state index contributed by atoms with van der Waals surface area (Å²) >= 11 is 0. The Morgan fingerprint density at radius 1 is 1.22 bits per heavy atom. The highest BCUT2D eigenvalue weighted by Gasteiger charge is 2.12. The van der Waals surface area contributed by atoms with E-state index in [0.29, 0.717) is 5.56 Å². The Bertz CT molecular complexity index is 587. The highest BCUT2D eigenvalue weighted by atomic mass is 19.1. The van der Waals surface area contributed by atoms with Gasteiger partial charge in [0, 0.05) is 35.5 Å². The van der Waals surface area contributed by atoms with Crippen LogP contribution in [0.4, 0.5) is 8.78 Å². The van der Waals surface area contributed by atoms with Crippen molar-refractivity contribution in [2.45, 2.75) is 13.8 Å². The number of nitrogens with zero attached hydrogens (tertiary/aromatic N) is 1. The number of benzene rings is 1. The Morgan fingerprint density at radius 2 is 1.94 bits per heavy atom. The van der Waals surface area contributed by atoms with E-state index in [1.807, 2.05) is 0 Å². The molecule has 2 aromatic rings. The summed E-state index contributed by atoms with van der Waals surface area (Å²) in [5.74, 6) is -1.45. The molecule has 0 spiro atoms. The first-order valence-electron chi connectivity index (χ1n) is 5.66. The largest absolute Gasteiger partial charge is 0.294 e. The van der Waals surface area contributed by atoms with E-state index in [-0.39, 0.29) is 17.4 Å². The van der Waals surface area contributed by atoms with E-state index in [1.165, 1.54) is 16.7 Å². The molecule has 0 saturated heterocycles. The van der Waals surface area contributed by atoms with E-state index in [9.17, 15) is 13.6 Å². The van der Waals surface area contributed by atoms with Gasteiger partial charge in [-0.1, -0.05) is 13.8 Å². The molecule has 0 N–H and O–H groups in total. The average molecular weight is 249 g/mol. The second-order valence-electron chi connectivity index (χ2n) is 4.42. The Hall–Kier alpha value is -1.97. The van der Waals surface area contributed by atoms with Crippen LogP contribution in [0.2, 0.25) is 0 Å². The summed E-state index contributed by atoms with van der Waals surface area (Å²) in [6.45, 7) is 3.58. The van der Waals surface area contributed by atoms with Crippen molar-refractivity contribution in [1.29, 1.82) is 0 Å². The molecule has 0 fully saturated rings. The van der Waals surface area contributed by atoms with Gasteiger partial charge in [0.2, 0.25) is 5.91 Å². The number of hydrogen-bond acceptors (Lipinski definition) is 1. The first-order valence-corrected chi connectivity index (χ1v) is 5.66. The summed E-state index contributed by atoms with van der Waals surface area (Å²) in [6, 6.07) is 5.03. The fraction of sp³-hybridized carbons (Fsp3) is 0.214. The van der Waals surface area contributed by atoms with Crippen molar-refractivity contribution in [2.24, 2.45) is 5.92 Å². The Morgan fingerprint density at radius 3 is 2.56 bits per heavy atom. The van der Waals surface area contributed by atoms with Crippen LogP contribution in [0, 0.1) is 17.6 Å². The van der Waals surface area contributed by atoms with E-state index in [2.05, 4.69) is 0 Å². The number of carbonyl (C=O) groups is 1. The van der Waals surface area contributed by atoms with Crippen LogP contribution in [0.25, 0.3) is 11.1 Å². The molecule has 1 aromatic carbocycles. The van der Waals surface area contributed by atoms with Crippen molar-refractivity contribution in [1.82, 2.24) is 4.57 Å². The maximum Gasteiger partial charge on any atom is 0.233 e. The molecule has 2 rings (SSSR count). The highest BCUT2D eigenvalue weighted by molar-refractivity contribution is 5.82. The van der Waals surface area contributed by atoms with Gasteiger partial charge in [0.25, 0.3) is 0 Å². The first kappa shape index (κ1) is 12.5. The summed E-state index contributed by atoms with van der Waals surface area (Å²) < 4.78 is 27.8. The van der Waals surface area contributed by atoms with E-state index in [1.54, 1.807) is 32.3 Å². The van der Waals surface area contributed by atoms with Crippen LogP contribution in [0.5, 0.6) is 0 Å². The van der Waals surface area contributed by atoms with Crippen LogP contribution in [-0.4, -0.2) is 10.5 Å². The number of carbonyl (C=O) groups excluding carboxylic acids is 1. The van der Waals surface area contributed by atoms with Crippen LogP contribution < -0.4 is 0 Å². The third kappa shape index (κ3) is 2.32. The molecule has 0 amide bonds. The van der Waals surface area contributed by atoms with Gasteiger partial charge in [-0.2, -0.15) is 0 Å². The average Bonchev–Trinajstić information content (AvgIpc) is 2.77. The predicted octanol–water partition coefficient (Wildman–Crippen LogP) is 3.73. The number of aromatic nitrogens is 1. The molecule has 0 aliphatic carbocycles. The fourth-order valence-corrected chi connectivity index (χ4v) is 1.71. The molecule has 0 aliphatic heterocycles. The molecule has 0 atom stereocenters. The summed E-state index contributed by atoms with van der Waals surface area (Å²) in [6.07, 6.45) is 3.14. The van der Waals surface area contributed by atoms with Gasteiger partial charge in [0.15, 0.2) is 0 Å². The van der Waals surface area contributed by atoms with E-state index >= 15 is 0 Å². The Labute approximate surface area is 104 Å². The molecule has 2 nitrogen and oxygen atoms in total.